The topological polar surface area (TPSA) is 29.0 Å². The van der Waals surface area contributed by atoms with E-state index in [1.54, 1.807) is 0 Å². The summed E-state index contributed by atoms with van der Waals surface area (Å²) >= 11 is 6.13. The Morgan fingerprint density at radius 1 is 1.05 bits per heavy atom. The fourth-order valence-corrected chi connectivity index (χ4v) is 3.33. The lowest BCUT2D eigenvalue weighted by Crippen LogP contribution is -2.39. The van der Waals surface area contributed by atoms with Crippen LogP contribution in [0.3, 0.4) is 0 Å². The van der Waals surface area contributed by atoms with Crippen molar-refractivity contribution in [3.63, 3.8) is 0 Å². The molecule has 0 N–H and O–H groups in total. The number of anilines is 1. The first-order valence-corrected chi connectivity index (χ1v) is 7.19. The van der Waals surface area contributed by atoms with E-state index in [1.165, 1.54) is 6.42 Å². The van der Waals surface area contributed by atoms with Crippen LogP contribution in [-0.4, -0.2) is 23.3 Å². The van der Waals surface area contributed by atoms with E-state index in [0.29, 0.717) is 17.0 Å². The van der Waals surface area contributed by atoms with E-state index in [2.05, 4.69) is 35.0 Å². The van der Waals surface area contributed by atoms with Gasteiger partial charge in [0.25, 0.3) is 0 Å². The lowest BCUT2D eigenvalue weighted by atomic mass is 9.92. The van der Waals surface area contributed by atoms with Crippen molar-refractivity contribution >= 4 is 28.2 Å². The first-order chi connectivity index (χ1) is 9.15. The van der Waals surface area contributed by atoms with Gasteiger partial charge in [-0.1, -0.05) is 49.7 Å². The van der Waals surface area contributed by atoms with Gasteiger partial charge in [0.15, 0.2) is 11.0 Å². The zero-order valence-corrected chi connectivity index (χ0v) is 12.1. The minimum absolute atomic E-state index is 0.484. The summed E-state index contributed by atoms with van der Waals surface area (Å²) in [6.45, 7) is 6.69. The summed E-state index contributed by atoms with van der Waals surface area (Å²) < 4.78 is 0. The van der Waals surface area contributed by atoms with Crippen molar-refractivity contribution in [2.24, 2.45) is 11.8 Å². The molecule has 1 fully saturated rings. The second-order valence-electron chi connectivity index (χ2n) is 5.71. The Bertz CT molecular complexity index is 589. The molecule has 0 spiro atoms. The molecule has 0 amide bonds. The van der Waals surface area contributed by atoms with E-state index < -0.39 is 0 Å². The maximum absolute atomic E-state index is 6.13. The van der Waals surface area contributed by atoms with E-state index in [0.717, 1.165) is 29.7 Å². The van der Waals surface area contributed by atoms with E-state index in [4.69, 9.17) is 11.6 Å². The van der Waals surface area contributed by atoms with Crippen molar-refractivity contribution in [2.45, 2.75) is 20.3 Å². The molecule has 3 rings (SSSR count). The number of halogens is 1. The van der Waals surface area contributed by atoms with Gasteiger partial charge in [-0.15, -0.1) is 10.2 Å². The van der Waals surface area contributed by atoms with E-state index >= 15 is 0 Å². The third kappa shape index (κ3) is 2.39. The molecule has 0 saturated carbocycles. The molecule has 2 aromatic rings. The summed E-state index contributed by atoms with van der Waals surface area (Å²) in [6.07, 6.45) is 1.29. The van der Waals surface area contributed by atoms with Gasteiger partial charge in [0.05, 0.1) is 0 Å². The summed E-state index contributed by atoms with van der Waals surface area (Å²) in [6, 6.07) is 8.10. The van der Waals surface area contributed by atoms with Crippen LogP contribution in [0, 0.1) is 11.8 Å². The zero-order chi connectivity index (χ0) is 13.4. The smallest absolute Gasteiger partial charge is 0.159 e. The zero-order valence-electron chi connectivity index (χ0n) is 11.3. The van der Waals surface area contributed by atoms with Gasteiger partial charge in [-0.05, 0) is 18.3 Å². The van der Waals surface area contributed by atoms with Crippen molar-refractivity contribution in [3.8, 4) is 0 Å². The number of nitrogens with zero attached hydrogens (tertiary/aromatic N) is 3. The molecule has 3 nitrogen and oxygen atoms in total. The molecule has 1 aliphatic rings. The highest BCUT2D eigenvalue weighted by Gasteiger charge is 2.24. The van der Waals surface area contributed by atoms with Gasteiger partial charge in [-0.2, -0.15) is 0 Å². The molecule has 100 valence electrons. The van der Waals surface area contributed by atoms with Crippen LogP contribution in [0.4, 0.5) is 5.82 Å². The van der Waals surface area contributed by atoms with Crippen LogP contribution in [0.2, 0.25) is 5.15 Å². The van der Waals surface area contributed by atoms with E-state index in [9.17, 15) is 0 Å². The molecule has 0 aliphatic carbocycles. The standard InChI is InChI=1S/C15H18ClN3/c1-10-7-11(2)9-19(8-10)15-13-6-4-3-5-12(13)14(16)17-18-15/h3-6,10-11H,7-9H2,1-2H3. The fourth-order valence-electron chi connectivity index (χ4n) is 3.13. The van der Waals surface area contributed by atoms with Gasteiger partial charge in [-0.3, -0.25) is 0 Å². The summed E-state index contributed by atoms with van der Waals surface area (Å²) in [5.74, 6) is 2.36. The fraction of sp³-hybridized carbons (Fsp3) is 0.467. The number of hydrogen-bond donors (Lipinski definition) is 0. The van der Waals surface area contributed by atoms with E-state index in [1.807, 2.05) is 18.2 Å². The van der Waals surface area contributed by atoms with Crippen LogP contribution < -0.4 is 4.90 Å². The van der Waals surface area contributed by atoms with Crippen LogP contribution in [0.15, 0.2) is 24.3 Å². The monoisotopic (exact) mass is 275 g/mol. The van der Waals surface area contributed by atoms with Gasteiger partial charge in [0, 0.05) is 23.9 Å². The third-order valence-electron chi connectivity index (χ3n) is 3.79. The molecule has 0 radical (unpaired) electrons. The van der Waals surface area contributed by atoms with Gasteiger partial charge in [0.1, 0.15) is 0 Å². The van der Waals surface area contributed by atoms with Crippen molar-refractivity contribution in [2.75, 3.05) is 18.0 Å². The molecule has 0 bridgehead atoms. The number of piperidine rings is 1. The highest BCUT2D eigenvalue weighted by Crippen LogP contribution is 2.31. The average Bonchev–Trinajstić information content (AvgIpc) is 2.38. The number of rotatable bonds is 1. The molecule has 2 unspecified atom stereocenters. The number of fused-ring (bicyclic) bond motifs is 1. The van der Waals surface area contributed by atoms with Crippen molar-refractivity contribution in [3.05, 3.63) is 29.4 Å². The minimum atomic E-state index is 0.484. The predicted octanol–water partition coefficient (Wildman–Crippen LogP) is 3.77. The Labute approximate surface area is 118 Å². The number of hydrogen-bond acceptors (Lipinski definition) is 3. The molecular weight excluding hydrogens is 258 g/mol. The maximum atomic E-state index is 6.13. The molecule has 1 aromatic heterocycles. The summed E-state index contributed by atoms with van der Waals surface area (Å²) in [4.78, 5) is 2.35. The average molecular weight is 276 g/mol. The highest BCUT2D eigenvalue weighted by molar-refractivity contribution is 6.34. The predicted molar refractivity (Wildman–Crippen MR) is 79.7 cm³/mol. The van der Waals surface area contributed by atoms with Gasteiger partial charge < -0.3 is 4.90 Å². The third-order valence-corrected chi connectivity index (χ3v) is 4.07. The number of benzene rings is 1. The Morgan fingerprint density at radius 2 is 1.68 bits per heavy atom. The summed E-state index contributed by atoms with van der Waals surface area (Å²) in [5.41, 5.74) is 0. The van der Waals surface area contributed by atoms with Crippen LogP contribution in [0.25, 0.3) is 10.8 Å². The lowest BCUT2D eigenvalue weighted by Gasteiger charge is -2.36. The Kier molecular flexibility index (Phi) is 3.31. The Morgan fingerprint density at radius 3 is 2.37 bits per heavy atom. The largest absolute Gasteiger partial charge is 0.354 e. The molecule has 19 heavy (non-hydrogen) atoms. The van der Waals surface area contributed by atoms with Gasteiger partial charge in [-0.25, -0.2) is 0 Å². The normalized spacial score (nSPS) is 23.8. The highest BCUT2D eigenvalue weighted by atomic mass is 35.5. The van der Waals surface area contributed by atoms with Crippen LogP contribution in [0.1, 0.15) is 20.3 Å². The quantitative estimate of drug-likeness (QED) is 0.793. The Hall–Kier alpha value is -1.35. The summed E-state index contributed by atoms with van der Waals surface area (Å²) in [5, 5.41) is 11.0. The Balaban J connectivity index is 2.07. The van der Waals surface area contributed by atoms with Gasteiger partial charge >= 0.3 is 0 Å². The van der Waals surface area contributed by atoms with Crippen LogP contribution >= 0.6 is 11.6 Å². The van der Waals surface area contributed by atoms with Gasteiger partial charge in [0.2, 0.25) is 0 Å². The molecule has 2 atom stereocenters. The molecule has 4 heteroatoms. The number of aromatic nitrogens is 2. The van der Waals surface area contributed by atoms with Crippen LogP contribution in [-0.2, 0) is 0 Å². The first kappa shape index (κ1) is 12.7. The maximum Gasteiger partial charge on any atom is 0.159 e. The minimum Gasteiger partial charge on any atom is -0.354 e. The molecule has 1 aliphatic heterocycles. The second kappa shape index (κ2) is 4.97. The van der Waals surface area contributed by atoms with Crippen molar-refractivity contribution in [1.82, 2.24) is 10.2 Å². The van der Waals surface area contributed by atoms with E-state index in [-0.39, 0.29) is 0 Å². The van der Waals surface area contributed by atoms with Crippen molar-refractivity contribution < 1.29 is 0 Å². The van der Waals surface area contributed by atoms with Crippen molar-refractivity contribution in [1.29, 1.82) is 0 Å². The molecule has 1 aromatic carbocycles. The SMILES string of the molecule is CC1CC(C)CN(c2nnc(Cl)c3ccccc23)C1. The van der Waals surface area contributed by atoms with Crippen LogP contribution in [0.5, 0.6) is 0 Å². The molecule has 2 heterocycles. The first-order valence-electron chi connectivity index (χ1n) is 6.81. The second-order valence-corrected chi connectivity index (χ2v) is 6.07. The molecule has 1 saturated heterocycles. The lowest BCUT2D eigenvalue weighted by molar-refractivity contribution is 0.355. The molecular formula is C15H18ClN3. The summed E-state index contributed by atoms with van der Waals surface area (Å²) in [7, 11) is 0.